The van der Waals surface area contributed by atoms with Crippen molar-refractivity contribution in [1.29, 1.82) is 0 Å². The van der Waals surface area contributed by atoms with E-state index >= 15 is 0 Å². The van der Waals surface area contributed by atoms with Crippen molar-refractivity contribution in [3.05, 3.63) is 65.2 Å². The Morgan fingerprint density at radius 1 is 0.964 bits per heavy atom. The highest BCUT2D eigenvalue weighted by Crippen LogP contribution is 2.16. The molecule has 5 heteroatoms. The SMILES string of the molecule is Cc1cccc(NC(=O)CSCC(=O)N[C@H](C)c2ccc(CC(C)C)cc2)c1. The number of hydrogen-bond donors (Lipinski definition) is 2. The molecule has 0 heterocycles. The summed E-state index contributed by atoms with van der Waals surface area (Å²) in [6.07, 6.45) is 1.06. The van der Waals surface area contributed by atoms with Crippen molar-refractivity contribution in [1.82, 2.24) is 5.32 Å². The Hall–Kier alpha value is -2.27. The van der Waals surface area contributed by atoms with E-state index < -0.39 is 0 Å². The number of thioether (sulfide) groups is 1. The van der Waals surface area contributed by atoms with Crippen LogP contribution in [0.2, 0.25) is 0 Å². The second-order valence-electron chi connectivity index (χ2n) is 7.54. The van der Waals surface area contributed by atoms with E-state index in [2.05, 4.69) is 48.7 Å². The lowest BCUT2D eigenvalue weighted by Crippen LogP contribution is -2.28. The molecule has 0 spiro atoms. The highest BCUT2D eigenvalue weighted by molar-refractivity contribution is 8.00. The Morgan fingerprint density at radius 2 is 1.64 bits per heavy atom. The monoisotopic (exact) mass is 398 g/mol. The zero-order chi connectivity index (χ0) is 20.5. The van der Waals surface area contributed by atoms with Crippen LogP contribution in [0.1, 0.15) is 43.5 Å². The molecule has 0 radical (unpaired) electrons. The third-order valence-corrected chi connectivity index (χ3v) is 5.20. The largest absolute Gasteiger partial charge is 0.349 e. The van der Waals surface area contributed by atoms with Gasteiger partial charge in [0, 0.05) is 5.69 Å². The fraction of sp³-hybridized carbons (Fsp3) is 0.391. The van der Waals surface area contributed by atoms with Gasteiger partial charge in [-0.15, -0.1) is 11.8 Å². The minimum Gasteiger partial charge on any atom is -0.349 e. The Kier molecular flexibility index (Phi) is 8.58. The zero-order valence-corrected chi connectivity index (χ0v) is 17.9. The van der Waals surface area contributed by atoms with Crippen molar-refractivity contribution in [2.24, 2.45) is 5.92 Å². The van der Waals surface area contributed by atoms with Gasteiger partial charge in [0.15, 0.2) is 0 Å². The molecule has 1 atom stereocenters. The summed E-state index contributed by atoms with van der Waals surface area (Å²) in [6.45, 7) is 8.36. The topological polar surface area (TPSA) is 58.2 Å². The summed E-state index contributed by atoms with van der Waals surface area (Å²) in [5.41, 5.74) is 4.27. The second-order valence-corrected chi connectivity index (χ2v) is 8.52. The molecule has 2 aromatic carbocycles. The molecule has 4 nitrogen and oxygen atoms in total. The van der Waals surface area contributed by atoms with Crippen molar-refractivity contribution in [2.75, 3.05) is 16.8 Å². The van der Waals surface area contributed by atoms with Gasteiger partial charge in [0.1, 0.15) is 0 Å². The first kappa shape index (κ1) is 22.0. The van der Waals surface area contributed by atoms with Crippen LogP contribution in [0.3, 0.4) is 0 Å². The standard InChI is InChI=1S/C23H30N2O2S/c1-16(2)12-19-8-10-20(11-9-19)18(4)24-22(26)14-28-15-23(27)25-21-7-5-6-17(3)13-21/h5-11,13,16,18H,12,14-15H2,1-4H3,(H,24,26)(H,25,27)/t18-/m1/s1. The van der Waals surface area contributed by atoms with E-state index in [1.54, 1.807) is 0 Å². The number of benzene rings is 2. The van der Waals surface area contributed by atoms with Crippen LogP contribution in [-0.4, -0.2) is 23.3 Å². The highest BCUT2D eigenvalue weighted by Gasteiger charge is 2.11. The lowest BCUT2D eigenvalue weighted by atomic mass is 10.00. The number of amides is 2. The molecule has 0 saturated carbocycles. The van der Waals surface area contributed by atoms with Gasteiger partial charge in [0.25, 0.3) is 0 Å². The van der Waals surface area contributed by atoms with Crippen molar-refractivity contribution in [3.8, 4) is 0 Å². The molecular formula is C23H30N2O2S. The van der Waals surface area contributed by atoms with Crippen LogP contribution in [0.4, 0.5) is 5.69 Å². The van der Waals surface area contributed by atoms with Crippen LogP contribution >= 0.6 is 11.8 Å². The molecule has 0 aliphatic rings. The number of nitrogens with one attached hydrogen (secondary N) is 2. The van der Waals surface area contributed by atoms with Gasteiger partial charge in [0.05, 0.1) is 17.5 Å². The van der Waals surface area contributed by atoms with Gasteiger partial charge in [-0.25, -0.2) is 0 Å². The molecule has 28 heavy (non-hydrogen) atoms. The number of rotatable bonds is 9. The predicted octanol–water partition coefficient (Wildman–Crippen LogP) is 4.74. The average Bonchev–Trinajstić information content (AvgIpc) is 2.61. The van der Waals surface area contributed by atoms with Crippen molar-refractivity contribution in [3.63, 3.8) is 0 Å². The summed E-state index contributed by atoms with van der Waals surface area (Å²) < 4.78 is 0. The van der Waals surface area contributed by atoms with Crippen molar-refractivity contribution in [2.45, 2.75) is 40.2 Å². The fourth-order valence-electron chi connectivity index (χ4n) is 2.94. The fourth-order valence-corrected chi connectivity index (χ4v) is 3.56. The predicted molar refractivity (Wildman–Crippen MR) is 119 cm³/mol. The molecule has 0 aromatic heterocycles. The lowest BCUT2D eigenvalue weighted by Gasteiger charge is -2.15. The van der Waals surface area contributed by atoms with E-state index in [4.69, 9.17) is 0 Å². The quantitative estimate of drug-likeness (QED) is 0.641. The summed E-state index contributed by atoms with van der Waals surface area (Å²) in [7, 11) is 0. The van der Waals surface area contributed by atoms with Gasteiger partial charge in [0.2, 0.25) is 11.8 Å². The molecule has 2 aromatic rings. The van der Waals surface area contributed by atoms with Crippen molar-refractivity contribution < 1.29 is 9.59 Å². The van der Waals surface area contributed by atoms with E-state index in [1.807, 2.05) is 38.1 Å². The maximum Gasteiger partial charge on any atom is 0.234 e. The van der Waals surface area contributed by atoms with E-state index in [-0.39, 0.29) is 29.4 Å². The summed E-state index contributed by atoms with van der Waals surface area (Å²) in [5, 5.41) is 5.85. The van der Waals surface area contributed by atoms with Crippen LogP contribution in [-0.2, 0) is 16.0 Å². The maximum atomic E-state index is 12.2. The van der Waals surface area contributed by atoms with Crippen molar-refractivity contribution >= 4 is 29.3 Å². The summed E-state index contributed by atoms with van der Waals surface area (Å²) >= 11 is 1.32. The molecule has 2 rings (SSSR count). The normalized spacial score (nSPS) is 11.9. The molecule has 0 bridgehead atoms. The summed E-state index contributed by atoms with van der Waals surface area (Å²) in [5.74, 6) is 0.976. The Balaban J connectivity index is 1.72. The molecule has 0 fully saturated rings. The first-order valence-corrected chi connectivity index (χ1v) is 10.8. The molecular weight excluding hydrogens is 368 g/mol. The first-order valence-electron chi connectivity index (χ1n) is 9.66. The van der Waals surface area contributed by atoms with Gasteiger partial charge in [-0.05, 0) is 55.0 Å². The minimum absolute atomic E-state index is 0.0534. The molecule has 0 unspecified atom stereocenters. The van der Waals surface area contributed by atoms with E-state index in [0.29, 0.717) is 5.92 Å². The van der Waals surface area contributed by atoms with Gasteiger partial charge >= 0.3 is 0 Å². The summed E-state index contributed by atoms with van der Waals surface area (Å²) in [4.78, 5) is 24.2. The van der Waals surface area contributed by atoms with E-state index in [1.165, 1.54) is 17.3 Å². The highest BCUT2D eigenvalue weighted by atomic mass is 32.2. The maximum absolute atomic E-state index is 12.2. The minimum atomic E-state index is -0.0998. The second kappa shape index (κ2) is 10.9. The average molecular weight is 399 g/mol. The third kappa shape index (κ3) is 7.77. The van der Waals surface area contributed by atoms with Gasteiger partial charge in [-0.1, -0.05) is 50.2 Å². The zero-order valence-electron chi connectivity index (χ0n) is 17.1. The van der Waals surface area contributed by atoms with Gasteiger partial charge < -0.3 is 10.6 Å². The Morgan fingerprint density at radius 3 is 2.29 bits per heavy atom. The molecule has 150 valence electrons. The van der Waals surface area contributed by atoms with E-state index in [0.717, 1.165) is 23.2 Å². The summed E-state index contributed by atoms with van der Waals surface area (Å²) in [6, 6.07) is 16.0. The van der Waals surface area contributed by atoms with Crippen LogP contribution in [0.15, 0.2) is 48.5 Å². The van der Waals surface area contributed by atoms with Gasteiger partial charge in [-0.3, -0.25) is 9.59 Å². The smallest absolute Gasteiger partial charge is 0.234 e. The van der Waals surface area contributed by atoms with Crippen LogP contribution in [0, 0.1) is 12.8 Å². The Labute approximate surface area is 172 Å². The van der Waals surface area contributed by atoms with E-state index in [9.17, 15) is 9.59 Å². The number of carbonyl (C=O) groups excluding carboxylic acids is 2. The number of hydrogen-bond acceptors (Lipinski definition) is 3. The van der Waals surface area contributed by atoms with Gasteiger partial charge in [-0.2, -0.15) is 0 Å². The molecule has 0 aliphatic heterocycles. The number of carbonyl (C=O) groups is 2. The Bertz CT molecular complexity index is 787. The third-order valence-electron chi connectivity index (χ3n) is 4.27. The first-order chi connectivity index (χ1) is 13.3. The molecule has 0 aliphatic carbocycles. The lowest BCUT2D eigenvalue weighted by molar-refractivity contribution is -0.119. The van der Waals surface area contributed by atoms with Crippen LogP contribution in [0.5, 0.6) is 0 Å². The molecule has 0 saturated heterocycles. The van der Waals surface area contributed by atoms with Crippen LogP contribution in [0.25, 0.3) is 0 Å². The molecule has 2 N–H and O–H groups in total. The molecule has 2 amide bonds. The number of anilines is 1. The number of aryl methyl sites for hydroxylation is 1. The van der Waals surface area contributed by atoms with Crippen LogP contribution < -0.4 is 10.6 Å².